The number of hydrogen-bond donors (Lipinski definition) is 1. The van der Waals surface area contributed by atoms with Crippen LogP contribution < -0.4 is 5.32 Å². The molecule has 0 radical (unpaired) electrons. The van der Waals surface area contributed by atoms with E-state index in [9.17, 15) is 18.0 Å². The van der Waals surface area contributed by atoms with Gasteiger partial charge in [-0.05, 0) is 36.0 Å². The molecule has 30 heavy (non-hydrogen) atoms. The minimum Gasteiger partial charge on any atom is -0.453 e. The predicted molar refractivity (Wildman–Crippen MR) is 115 cm³/mol. The summed E-state index contributed by atoms with van der Waals surface area (Å²) in [4.78, 5) is 26.4. The minimum atomic E-state index is -3.61. The fourth-order valence-corrected chi connectivity index (χ4v) is 4.86. The molecule has 1 atom stereocenters. The Morgan fingerprint density at radius 3 is 2.07 bits per heavy atom. The van der Waals surface area contributed by atoms with Crippen LogP contribution in [0.25, 0.3) is 0 Å². The molecule has 8 nitrogen and oxygen atoms in total. The van der Waals surface area contributed by atoms with Gasteiger partial charge in [-0.25, -0.2) is 13.2 Å². The van der Waals surface area contributed by atoms with Crippen LogP contribution >= 0.6 is 0 Å². The number of alkyl carbamates (subject to hydrolysis) is 1. The van der Waals surface area contributed by atoms with Gasteiger partial charge >= 0.3 is 6.09 Å². The van der Waals surface area contributed by atoms with E-state index >= 15 is 0 Å². The van der Waals surface area contributed by atoms with Crippen LogP contribution in [-0.4, -0.2) is 69.0 Å². The third kappa shape index (κ3) is 5.95. The minimum absolute atomic E-state index is 0.201. The molecule has 1 aliphatic heterocycles. The maximum absolute atomic E-state index is 13.0. The molecule has 0 saturated carbocycles. The van der Waals surface area contributed by atoms with Gasteiger partial charge in [0.1, 0.15) is 6.04 Å². The predicted octanol–water partition coefficient (Wildman–Crippen LogP) is 2.41. The quantitative estimate of drug-likeness (QED) is 0.704. The summed E-state index contributed by atoms with van der Waals surface area (Å²) in [5, 5.41) is 2.59. The SMILES string of the molecule is COC(=O)NC(CC(C)C)C(=O)N1CCN(S(=O)(=O)c2ccc(C(C)C)cc2)CC1. The van der Waals surface area contributed by atoms with E-state index in [0.29, 0.717) is 12.3 Å². The third-order valence-electron chi connectivity index (χ3n) is 5.22. The summed E-state index contributed by atoms with van der Waals surface area (Å²) in [5.41, 5.74) is 1.08. The lowest BCUT2D eigenvalue weighted by Gasteiger charge is -2.36. The number of piperazine rings is 1. The second-order valence-electron chi connectivity index (χ2n) is 8.27. The number of ether oxygens (including phenoxy) is 1. The van der Waals surface area contributed by atoms with Crippen LogP contribution in [0.5, 0.6) is 0 Å². The Labute approximate surface area is 179 Å². The zero-order valence-electron chi connectivity index (χ0n) is 18.4. The fraction of sp³-hybridized carbons (Fsp3) is 0.619. The molecule has 1 aliphatic rings. The van der Waals surface area contributed by atoms with E-state index in [4.69, 9.17) is 0 Å². The lowest BCUT2D eigenvalue weighted by Crippen LogP contribution is -2.56. The van der Waals surface area contributed by atoms with E-state index in [0.717, 1.165) is 5.56 Å². The Balaban J connectivity index is 2.04. The van der Waals surface area contributed by atoms with Crippen molar-refractivity contribution >= 4 is 22.0 Å². The molecule has 1 saturated heterocycles. The highest BCUT2D eigenvalue weighted by atomic mass is 32.2. The van der Waals surface area contributed by atoms with Gasteiger partial charge < -0.3 is 15.0 Å². The average Bonchev–Trinajstić information content (AvgIpc) is 2.72. The molecular formula is C21H33N3O5S. The first-order valence-corrected chi connectivity index (χ1v) is 11.7. The van der Waals surface area contributed by atoms with Gasteiger partial charge in [0.15, 0.2) is 0 Å². The Morgan fingerprint density at radius 2 is 1.60 bits per heavy atom. The van der Waals surface area contributed by atoms with Gasteiger partial charge in [-0.3, -0.25) is 4.79 Å². The summed E-state index contributed by atoms with van der Waals surface area (Å²) >= 11 is 0. The highest BCUT2D eigenvalue weighted by molar-refractivity contribution is 7.89. The van der Waals surface area contributed by atoms with E-state index in [-0.39, 0.29) is 42.9 Å². The number of carbonyl (C=O) groups is 2. The van der Waals surface area contributed by atoms with Crippen LogP contribution in [0, 0.1) is 5.92 Å². The number of sulfonamides is 1. The maximum atomic E-state index is 13.0. The number of rotatable bonds is 7. The van der Waals surface area contributed by atoms with E-state index in [2.05, 4.69) is 23.9 Å². The lowest BCUT2D eigenvalue weighted by molar-refractivity contribution is -0.135. The first-order valence-electron chi connectivity index (χ1n) is 10.3. The zero-order valence-corrected chi connectivity index (χ0v) is 19.2. The molecule has 0 spiro atoms. The van der Waals surface area contributed by atoms with Gasteiger partial charge in [-0.1, -0.05) is 39.8 Å². The summed E-state index contributed by atoms with van der Waals surface area (Å²) in [6, 6.07) is 6.27. The van der Waals surface area contributed by atoms with Crippen molar-refractivity contribution < 1.29 is 22.7 Å². The van der Waals surface area contributed by atoms with Crippen molar-refractivity contribution in [3.63, 3.8) is 0 Å². The number of benzene rings is 1. The van der Waals surface area contributed by atoms with Gasteiger partial charge in [0.05, 0.1) is 12.0 Å². The van der Waals surface area contributed by atoms with E-state index < -0.39 is 22.2 Å². The Kier molecular flexibility index (Phi) is 8.25. The molecule has 1 aromatic rings. The van der Waals surface area contributed by atoms with Crippen molar-refractivity contribution in [2.45, 2.75) is 51.0 Å². The van der Waals surface area contributed by atoms with Crippen molar-refractivity contribution in [2.75, 3.05) is 33.3 Å². The fourth-order valence-electron chi connectivity index (χ4n) is 3.44. The molecule has 1 unspecified atom stereocenters. The molecule has 2 rings (SSSR count). The van der Waals surface area contributed by atoms with E-state index in [1.54, 1.807) is 17.0 Å². The van der Waals surface area contributed by atoms with Gasteiger partial charge in [0.2, 0.25) is 15.9 Å². The molecule has 1 heterocycles. The molecule has 2 amide bonds. The standard InChI is InChI=1S/C21H33N3O5S/c1-15(2)14-19(22-21(26)29-5)20(25)23-10-12-24(13-11-23)30(27,28)18-8-6-17(7-9-18)16(3)4/h6-9,15-16,19H,10-14H2,1-5H3,(H,22,26). The van der Waals surface area contributed by atoms with Crippen LogP contribution in [-0.2, 0) is 19.6 Å². The molecule has 1 aromatic carbocycles. The number of nitrogens with one attached hydrogen (secondary N) is 1. The second-order valence-corrected chi connectivity index (χ2v) is 10.2. The summed E-state index contributed by atoms with van der Waals surface area (Å²) in [5.74, 6) is 0.313. The van der Waals surface area contributed by atoms with Gasteiger partial charge in [0, 0.05) is 26.2 Å². The van der Waals surface area contributed by atoms with Crippen LogP contribution in [0.1, 0.15) is 45.6 Å². The van der Waals surface area contributed by atoms with Crippen molar-refractivity contribution in [3.8, 4) is 0 Å². The normalized spacial score (nSPS) is 16.6. The van der Waals surface area contributed by atoms with Crippen molar-refractivity contribution in [2.24, 2.45) is 5.92 Å². The second kappa shape index (κ2) is 10.3. The largest absolute Gasteiger partial charge is 0.453 e. The summed E-state index contributed by atoms with van der Waals surface area (Å²) < 4.78 is 31.9. The van der Waals surface area contributed by atoms with Crippen LogP contribution in [0.3, 0.4) is 0 Å². The number of hydrogen-bond acceptors (Lipinski definition) is 5. The number of methoxy groups -OCH3 is 1. The topological polar surface area (TPSA) is 96.0 Å². The van der Waals surface area contributed by atoms with E-state index in [1.165, 1.54) is 11.4 Å². The summed E-state index contributed by atoms with van der Waals surface area (Å²) in [6.07, 6.45) is -0.172. The third-order valence-corrected chi connectivity index (χ3v) is 7.13. The molecule has 1 fully saturated rings. The van der Waals surface area contributed by atoms with Gasteiger partial charge in [0.25, 0.3) is 0 Å². The van der Waals surface area contributed by atoms with Crippen molar-refractivity contribution in [1.82, 2.24) is 14.5 Å². The summed E-state index contributed by atoms with van der Waals surface area (Å²) in [7, 11) is -2.36. The molecular weight excluding hydrogens is 406 g/mol. The molecule has 168 valence electrons. The molecule has 1 N–H and O–H groups in total. The number of carbonyl (C=O) groups excluding carboxylic acids is 2. The number of amides is 2. The highest BCUT2D eigenvalue weighted by Gasteiger charge is 2.33. The maximum Gasteiger partial charge on any atom is 0.407 e. The first kappa shape index (κ1) is 24.1. The van der Waals surface area contributed by atoms with Crippen LogP contribution in [0.2, 0.25) is 0 Å². The highest BCUT2D eigenvalue weighted by Crippen LogP contribution is 2.21. The van der Waals surface area contributed by atoms with Gasteiger partial charge in [-0.15, -0.1) is 0 Å². The smallest absolute Gasteiger partial charge is 0.407 e. The van der Waals surface area contributed by atoms with Gasteiger partial charge in [-0.2, -0.15) is 4.31 Å². The molecule has 0 aromatic heterocycles. The van der Waals surface area contributed by atoms with Crippen molar-refractivity contribution in [1.29, 1.82) is 0 Å². The van der Waals surface area contributed by atoms with E-state index in [1.807, 2.05) is 26.0 Å². The Hall–Kier alpha value is -2.13. The van der Waals surface area contributed by atoms with Crippen molar-refractivity contribution in [3.05, 3.63) is 29.8 Å². The van der Waals surface area contributed by atoms with Crippen LogP contribution in [0.4, 0.5) is 4.79 Å². The zero-order chi connectivity index (χ0) is 22.5. The molecule has 9 heteroatoms. The lowest BCUT2D eigenvalue weighted by atomic mass is 10.0. The monoisotopic (exact) mass is 439 g/mol. The first-order chi connectivity index (χ1) is 14.1. The molecule has 0 aliphatic carbocycles. The summed E-state index contributed by atoms with van der Waals surface area (Å²) in [6.45, 7) is 9.03. The molecule has 0 bridgehead atoms. The average molecular weight is 440 g/mol. The van der Waals surface area contributed by atoms with Crippen LogP contribution in [0.15, 0.2) is 29.2 Å². The number of nitrogens with zero attached hydrogens (tertiary/aromatic N) is 2. The Morgan fingerprint density at radius 1 is 1.03 bits per heavy atom. The Bertz CT molecular complexity index is 829.